The van der Waals surface area contributed by atoms with E-state index in [2.05, 4.69) is 15.3 Å². The third-order valence-corrected chi connectivity index (χ3v) is 6.94. The zero-order valence-corrected chi connectivity index (χ0v) is 17.6. The topological polar surface area (TPSA) is 97.2 Å². The first-order chi connectivity index (χ1) is 13.7. The fourth-order valence-corrected chi connectivity index (χ4v) is 4.46. The molecule has 0 unspecified atom stereocenters. The van der Waals surface area contributed by atoms with E-state index in [1.54, 1.807) is 19.2 Å². The summed E-state index contributed by atoms with van der Waals surface area (Å²) < 4.78 is 41.3. The van der Waals surface area contributed by atoms with Gasteiger partial charge < -0.3 is 9.88 Å². The van der Waals surface area contributed by atoms with Gasteiger partial charge in [-0.05, 0) is 39.7 Å². The summed E-state index contributed by atoms with van der Waals surface area (Å²) >= 11 is 0. The third kappa shape index (κ3) is 4.81. The van der Waals surface area contributed by atoms with Crippen LogP contribution >= 0.6 is 0 Å². The monoisotopic (exact) mass is 423 g/mol. The third-order valence-electron chi connectivity index (χ3n) is 5.06. The van der Waals surface area contributed by atoms with Gasteiger partial charge in [-0.2, -0.15) is 0 Å². The number of anilines is 1. The van der Waals surface area contributed by atoms with Gasteiger partial charge in [0.05, 0.1) is 11.9 Å². The molecule has 2 aromatic heterocycles. The summed E-state index contributed by atoms with van der Waals surface area (Å²) in [6.45, 7) is 6.25. The van der Waals surface area contributed by atoms with Crippen LogP contribution in [0.2, 0.25) is 0 Å². The van der Waals surface area contributed by atoms with Crippen molar-refractivity contribution in [1.29, 1.82) is 0 Å². The number of nitrogens with one attached hydrogen (secondary N) is 1. The molecule has 0 aromatic carbocycles. The molecule has 0 bridgehead atoms. The van der Waals surface area contributed by atoms with Gasteiger partial charge in [0.25, 0.3) is 5.56 Å². The number of halogens is 1. The Morgan fingerprint density at radius 1 is 1.28 bits per heavy atom. The molecular formula is C19H26FN5O3S. The minimum atomic E-state index is -3.18. The molecule has 0 radical (unpaired) electrons. The maximum atomic E-state index is 14.4. The molecule has 1 N–H and O–H groups in total. The SMILES string of the molecule is CCS(=O)(=O)N1CCC(Nc2ncc(F)c(-c3ccc(=O)n(C(C)C)c3)n2)CC1. The van der Waals surface area contributed by atoms with Crippen molar-refractivity contribution in [2.24, 2.45) is 0 Å². The molecule has 0 atom stereocenters. The predicted octanol–water partition coefficient (Wildman–Crippen LogP) is 2.25. The van der Waals surface area contributed by atoms with Gasteiger partial charge in [0, 0.05) is 43.0 Å². The van der Waals surface area contributed by atoms with Crippen LogP contribution in [0.5, 0.6) is 0 Å². The molecule has 0 aliphatic carbocycles. The Morgan fingerprint density at radius 2 is 1.97 bits per heavy atom. The number of hydrogen-bond acceptors (Lipinski definition) is 6. The molecule has 1 aliphatic heterocycles. The van der Waals surface area contributed by atoms with E-state index in [0.29, 0.717) is 31.5 Å². The summed E-state index contributed by atoms with van der Waals surface area (Å²) in [5.41, 5.74) is 0.443. The Bertz CT molecular complexity index is 1030. The summed E-state index contributed by atoms with van der Waals surface area (Å²) in [6, 6.07) is 2.88. The standard InChI is InChI=1S/C19H26FN5O3S/c1-4-29(27,28)24-9-7-15(8-10-24)22-19-21-11-16(20)18(23-19)14-5-6-17(26)25(12-14)13(2)3/h5-6,11-13,15H,4,7-10H2,1-3H3,(H,21,22,23). The maximum absolute atomic E-state index is 14.4. The molecule has 10 heteroatoms. The zero-order chi connectivity index (χ0) is 21.2. The van der Waals surface area contributed by atoms with Crippen molar-refractivity contribution in [2.45, 2.75) is 45.7 Å². The summed E-state index contributed by atoms with van der Waals surface area (Å²) in [7, 11) is -3.18. The molecule has 2 aromatic rings. The minimum Gasteiger partial charge on any atom is -0.351 e. The van der Waals surface area contributed by atoms with Crippen LogP contribution in [-0.2, 0) is 10.0 Å². The van der Waals surface area contributed by atoms with Gasteiger partial charge in [-0.15, -0.1) is 0 Å². The van der Waals surface area contributed by atoms with Crippen LogP contribution in [0.3, 0.4) is 0 Å². The molecule has 3 heterocycles. The molecule has 0 spiro atoms. The van der Waals surface area contributed by atoms with Gasteiger partial charge in [0.1, 0.15) is 5.69 Å². The van der Waals surface area contributed by atoms with Crippen LogP contribution in [0.25, 0.3) is 11.3 Å². The molecule has 0 saturated carbocycles. The molecule has 3 rings (SSSR count). The minimum absolute atomic E-state index is 0.00114. The second-order valence-corrected chi connectivity index (χ2v) is 9.62. The Labute approximate surface area is 169 Å². The van der Waals surface area contributed by atoms with E-state index in [9.17, 15) is 17.6 Å². The van der Waals surface area contributed by atoms with Crippen molar-refractivity contribution in [2.75, 3.05) is 24.2 Å². The van der Waals surface area contributed by atoms with Crippen molar-refractivity contribution in [3.05, 3.63) is 40.7 Å². The maximum Gasteiger partial charge on any atom is 0.250 e. The number of sulfonamides is 1. The number of aromatic nitrogens is 3. The van der Waals surface area contributed by atoms with E-state index < -0.39 is 15.8 Å². The highest BCUT2D eigenvalue weighted by Gasteiger charge is 2.27. The first-order valence-electron chi connectivity index (χ1n) is 9.70. The lowest BCUT2D eigenvalue weighted by molar-refractivity contribution is 0.329. The van der Waals surface area contributed by atoms with Crippen molar-refractivity contribution in [3.63, 3.8) is 0 Å². The van der Waals surface area contributed by atoms with Crippen LogP contribution in [-0.4, -0.2) is 52.1 Å². The molecule has 8 nitrogen and oxygen atoms in total. The Balaban J connectivity index is 1.77. The summed E-state index contributed by atoms with van der Waals surface area (Å²) in [5.74, 6) is -0.206. The van der Waals surface area contributed by atoms with E-state index in [1.165, 1.54) is 14.9 Å². The Kier molecular flexibility index (Phi) is 6.33. The summed E-state index contributed by atoms with van der Waals surface area (Å²) in [4.78, 5) is 20.3. The number of piperidine rings is 1. The quantitative estimate of drug-likeness (QED) is 0.765. The molecule has 158 valence electrons. The van der Waals surface area contributed by atoms with Gasteiger partial charge in [-0.25, -0.2) is 27.1 Å². The van der Waals surface area contributed by atoms with Gasteiger partial charge in [-0.1, -0.05) is 0 Å². The molecule has 1 fully saturated rings. The lowest BCUT2D eigenvalue weighted by atomic mass is 10.1. The van der Waals surface area contributed by atoms with Gasteiger partial charge in [0.15, 0.2) is 5.82 Å². The molecular weight excluding hydrogens is 397 g/mol. The number of rotatable bonds is 6. The number of hydrogen-bond donors (Lipinski definition) is 1. The van der Waals surface area contributed by atoms with E-state index >= 15 is 0 Å². The lowest BCUT2D eigenvalue weighted by Crippen LogP contribution is -2.43. The largest absolute Gasteiger partial charge is 0.351 e. The molecule has 1 saturated heterocycles. The average molecular weight is 424 g/mol. The lowest BCUT2D eigenvalue weighted by Gasteiger charge is -2.31. The van der Waals surface area contributed by atoms with E-state index in [-0.39, 0.29) is 35.0 Å². The van der Waals surface area contributed by atoms with E-state index in [4.69, 9.17) is 0 Å². The van der Waals surface area contributed by atoms with Crippen molar-refractivity contribution in [3.8, 4) is 11.3 Å². The van der Waals surface area contributed by atoms with Crippen molar-refractivity contribution >= 4 is 16.0 Å². The first kappa shape index (κ1) is 21.4. The highest BCUT2D eigenvalue weighted by atomic mass is 32.2. The Hall–Kier alpha value is -2.33. The highest BCUT2D eigenvalue weighted by molar-refractivity contribution is 7.89. The molecule has 29 heavy (non-hydrogen) atoms. The second kappa shape index (κ2) is 8.58. The van der Waals surface area contributed by atoms with Crippen LogP contribution < -0.4 is 10.9 Å². The average Bonchev–Trinajstić information content (AvgIpc) is 2.70. The first-order valence-corrected chi connectivity index (χ1v) is 11.3. The predicted molar refractivity (Wildman–Crippen MR) is 110 cm³/mol. The normalized spacial score (nSPS) is 16.3. The number of nitrogens with zero attached hydrogens (tertiary/aromatic N) is 4. The van der Waals surface area contributed by atoms with Crippen molar-refractivity contribution < 1.29 is 12.8 Å². The fraction of sp³-hybridized carbons (Fsp3) is 0.526. The highest BCUT2D eigenvalue weighted by Crippen LogP contribution is 2.23. The van der Waals surface area contributed by atoms with Gasteiger partial charge in [0.2, 0.25) is 16.0 Å². The Morgan fingerprint density at radius 3 is 2.59 bits per heavy atom. The second-order valence-electron chi connectivity index (χ2n) is 7.37. The van der Waals surface area contributed by atoms with Gasteiger partial charge >= 0.3 is 0 Å². The molecule has 1 aliphatic rings. The van der Waals surface area contributed by atoms with Gasteiger partial charge in [-0.3, -0.25) is 4.79 Å². The van der Waals surface area contributed by atoms with Crippen molar-refractivity contribution in [1.82, 2.24) is 18.8 Å². The molecule has 0 amide bonds. The van der Waals surface area contributed by atoms with E-state index in [0.717, 1.165) is 6.20 Å². The summed E-state index contributed by atoms with van der Waals surface area (Å²) in [5, 5.41) is 3.18. The van der Waals surface area contributed by atoms with Crippen LogP contribution in [0.1, 0.15) is 39.7 Å². The fourth-order valence-electron chi connectivity index (χ4n) is 3.33. The number of pyridine rings is 1. The van der Waals surface area contributed by atoms with Crippen LogP contribution in [0, 0.1) is 5.82 Å². The van der Waals surface area contributed by atoms with Crippen LogP contribution in [0.15, 0.2) is 29.3 Å². The summed E-state index contributed by atoms with van der Waals surface area (Å²) in [6.07, 6.45) is 3.93. The smallest absolute Gasteiger partial charge is 0.250 e. The van der Waals surface area contributed by atoms with Crippen LogP contribution in [0.4, 0.5) is 10.3 Å². The van der Waals surface area contributed by atoms with E-state index in [1.807, 2.05) is 13.8 Å². The zero-order valence-electron chi connectivity index (χ0n) is 16.8.